The van der Waals surface area contributed by atoms with Crippen LogP contribution in [-0.4, -0.2) is 11.9 Å². The highest BCUT2D eigenvalue weighted by atomic mass is 19.2. The predicted octanol–water partition coefficient (Wildman–Crippen LogP) is 2.71. The van der Waals surface area contributed by atoms with Crippen molar-refractivity contribution in [1.29, 1.82) is 0 Å². The van der Waals surface area contributed by atoms with E-state index in [2.05, 4.69) is 5.32 Å². The Morgan fingerprint density at radius 3 is 2.28 bits per heavy atom. The zero-order valence-corrected chi connectivity index (χ0v) is 11.0. The number of anilines is 1. The van der Waals surface area contributed by atoms with Crippen LogP contribution in [0.25, 0.3) is 0 Å². The molecule has 0 fully saturated rings. The lowest BCUT2D eigenvalue weighted by Gasteiger charge is -2.28. The zero-order chi connectivity index (χ0) is 14.1. The van der Waals surface area contributed by atoms with Gasteiger partial charge in [0.2, 0.25) is 0 Å². The van der Waals surface area contributed by atoms with Gasteiger partial charge in [0, 0.05) is 17.8 Å². The average molecular weight is 256 g/mol. The Labute approximate surface area is 105 Å². The summed E-state index contributed by atoms with van der Waals surface area (Å²) in [5.41, 5.74) is 5.25. The SMILES string of the molecule is CC(NC(=O)c1cc(F)c(F)cc1N)C(C)(C)C. The van der Waals surface area contributed by atoms with Crippen LogP contribution in [0.2, 0.25) is 0 Å². The van der Waals surface area contributed by atoms with E-state index < -0.39 is 17.5 Å². The molecule has 1 rings (SSSR count). The highest BCUT2D eigenvalue weighted by Gasteiger charge is 2.23. The van der Waals surface area contributed by atoms with Crippen LogP contribution in [0.3, 0.4) is 0 Å². The predicted molar refractivity (Wildman–Crippen MR) is 67.2 cm³/mol. The first-order valence-corrected chi connectivity index (χ1v) is 5.68. The van der Waals surface area contributed by atoms with E-state index >= 15 is 0 Å². The molecule has 3 nitrogen and oxygen atoms in total. The number of rotatable bonds is 2. The first-order chi connectivity index (χ1) is 8.12. The Morgan fingerprint density at radius 1 is 1.28 bits per heavy atom. The minimum absolute atomic E-state index is 0.0509. The maximum absolute atomic E-state index is 13.1. The van der Waals surface area contributed by atoms with Gasteiger partial charge >= 0.3 is 0 Å². The lowest BCUT2D eigenvalue weighted by molar-refractivity contribution is 0.0910. The molecular formula is C13H18F2N2O. The van der Waals surface area contributed by atoms with Crippen LogP contribution in [0.15, 0.2) is 12.1 Å². The molecule has 1 amide bonds. The van der Waals surface area contributed by atoms with Crippen LogP contribution in [0.4, 0.5) is 14.5 Å². The number of benzene rings is 1. The molecule has 100 valence electrons. The Hall–Kier alpha value is -1.65. The summed E-state index contributed by atoms with van der Waals surface area (Å²) >= 11 is 0. The van der Waals surface area contributed by atoms with Crippen molar-refractivity contribution in [2.45, 2.75) is 33.7 Å². The van der Waals surface area contributed by atoms with Crippen LogP contribution in [0.5, 0.6) is 0 Å². The second-order valence-corrected chi connectivity index (χ2v) is 5.41. The van der Waals surface area contributed by atoms with Gasteiger partial charge in [-0.1, -0.05) is 20.8 Å². The molecule has 0 heterocycles. The van der Waals surface area contributed by atoms with E-state index in [0.717, 1.165) is 12.1 Å². The fraction of sp³-hybridized carbons (Fsp3) is 0.462. The summed E-state index contributed by atoms with van der Waals surface area (Å²) in [5, 5.41) is 2.72. The third kappa shape index (κ3) is 3.18. The number of carbonyl (C=O) groups is 1. The molecule has 1 atom stereocenters. The van der Waals surface area contributed by atoms with E-state index in [0.29, 0.717) is 0 Å². The van der Waals surface area contributed by atoms with E-state index in [1.54, 1.807) is 0 Å². The molecule has 1 aromatic carbocycles. The van der Waals surface area contributed by atoms with Crippen LogP contribution < -0.4 is 11.1 Å². The van der Waals surface area contributed by atoms with Gasteiger partial charge in [-0.15, -0.1) is 0 Å². The van der Waals surface area contributed by atoms with Crippen LogP contribution in [0.1, 0.15) is 38.1 Å². The summed E-state index contributed by atoms with van der Waals surface area (Å²) < 4.78 is 26.0. The minimum atomic E-state index is -1.09. The van der Waals surface area contributed by atoms with E-state index in [1.807, 2.05) is 27.7 Å². The first-order valence-electron chi connectivity index (χ1n) is 5.68. The Balaban J connectivity index is 2.95. The second-order valence-electron chi connectivity index (χ2n) is 5.41. The summed E-state index contributed by atoms with van der Waals surface area (Å²) in [5.74, 6) is -2.65. The van der Waals surface area contributed by atoms with Crippen molar-refractivity contribution in [2.24, 2.45) is 5.41 Å². The van der Waals surface area contributed by atoms with Gasteiger partial charge in [0.05, 0.1) is 5.56 Å². The minimum Gasteiger partial charge on any atom is -0.398 e. The summed E-state index contributed by atoms with van der Waals surface area (Å²) in [6.45, 7) is 7.74. The standard InChI is InChI=1S/C13H18F2N2O/c1-7(13(2,3)4)17-12(18)8-5-9(14)10(15)6-11(8)16/h5-7H,16H2,1-4H3,(H,17,18). The highest BCUT2D eigenvalue weighted by Crippen LogP contribution is 2.21. The number of hydrogen-bond donors (Lipinski definition) is 2. The normalized spacial score (nSPS) is 13.2. The maximum Gasteiger partial charge on any atom is 0.253 e. The Morgan fingerprint density at radius 2 is 1.78 bits per heavy atom. The zero-order valence-electron chi connectivity index (χ0n) is 11.0. The molecule has 0 aliphatic carbocycles. The number of carbonyl (C=O) groups excluding carboxylic acids is 1. The van der Waals surface area contributed by atoms with Crippen molar-refractivity contribution in [3.63, 3.8) is 0 Å². The number of halogens is 2. The number of nitrogens with two attached hydrogens (primary N) is 1. The molecule has 3 N–H and O–H groups in total. The molecule has 0 aromatic heterocycles. The first kappa shape index (κ1) is 14.4. The van der Waals surface area contributed by atoms with Crippen LogP contribution in [0, 0.1) is 17.0 Å². The molecule has 0 aliphatic heterocycles. The van der Waals surface area contributed by atoms with Crippen LogP contribution in [-0.2, 0) is 0 Å². The van der Waals surface area contributed by atoms with E-state index in [-0.39, 0.29) is 22.7 Å². The van der Waals surface area contributed by atoms with Crippen molar-refractivity contribution in [2.75, 3.05) is 5.73 Å². The van der Waals surface area contributed by atoms with Gasteiger partial charge in [-0.3, -0.25) is 4.79 Å². The third-order valence-electron chi connectivity index (χ3n) is 2.98. The van der Waals surface area contributed by atoms with E-state index in [4.69, 9.17) is 5.73 Å². The lowest BCUT2D eigenvalue weighted by Crippen LogP contribution is -2.41. The number of amides is 1. The van der Waals surface area contributed by atoms with Crippen molar-refractivity contribution in [1.82, 2.24) is 5.32 Å². The van der Waals surface area contributed by atoms with Crippen molar-refractivity contribution in [3.05, 3.63) is 29.3 Å². The van der Waals surface area contributed by atoms with Gasteiger partial charge in [0.15, 0.2) is 11.6 Å². The number of nitrogen functional groups attached to an aromatic ring is 1. The largest absolute Gasteiger partial charge is 0.398 e. The topological polar surface area (TPSA) is 55.1 Å². The molecule has 0 radical (unpaired) electrons. The molecular weight excluding hydrogens is 238 g/mol. The van der Waals surface area contributed by atoms with Crippen molar-refractivity contribution >= 4 is 11.6 Å². The molecule has 0 saturated heterocycles. The average Bonchev–Trinajstić information content (AvgIpc) is 2.21. The molecule has 0 aliphatic rings. The molecule has 1 unspecified atom stereocenters. The van der Waals surface area contributed by atoms with E-state index in [1.165, 1.54) is 0 Å². The molecule has 0 saturated carbocycles. The fourth-order valence-electron chi connectivity index (χ4n) is 1.25. The van der Waals surface area contributed by atoms with Crippen molar-refractivity contribution < 1.29 is 13.6 Å². The molecule has 0 bridgehead atoms. The quantitative estimate of drug-likeness (QED) is 0.799. The van der Waals surface area contributed by atoms with Gasteiger partial charge in [-0.25, -0.2) is 8.78 Å². The fourth-order valence-corrected chi connectivity index (χ4v) is 1.25. The van der Waals surface area contributed by atoms with Crippen LogP contribution >= 0.6 is 0 Å². The number of hydrogen-bond acceptors (Lipinski definition) is 2. The maximum atomic E-state index is 13.1. The monoisotopic (exact) mass is 256 g/mol. The molecule has 5 heteroatoms. The van der Waals surface area contributed by atoms with Gasteiger partial charge in [0.1, 0.15) is 0 Å². The molecule has 18 heavy (non-hydrogen) atoms. The third-order valence-corrected chi connectivity index (χ3v) is 2.98. The van der Waals surface area contributed by atoms with Crippen molar-refractivity contribution in [3.8, 4) is 0 Å². The second kappa shape index (κ2) is 4.92. The van der Waals surface area contributed by atoms with E-state index in [9.17, 15) is 13.6 Å². The number of nitrogens with one attached hydrogen (secondary N) is 1. The smallest absolute Gasteiger partial charge is 0.253 e. The summed E-state index contributed by atoms with van der Waals surface area (Å²) in [4.78, 5) is 11.9. The Bertz CT molecular complexity index is 467. The van der Waals surface area contributed by atoms with Gasteiger partial charge in [-0.05, 0) is 18.4 Å². The van der Waals surface area contributed by atoms with Gasteiger partial charge < -0.3 is 11.1 Å². The summed E-state index contributed by atoms with van der Waals surface area (Å²) in [6, 6.07) is 1.50. The highest BCUT2D eigenvalue weighted by molar-refractivity contribution is 5.99. The van der Waals surface area contributed by atoms with Gasteiger partial charge in [-0.2, -0.15) is 0 Å². The Kier molecular flexibility index (Phi) is 3.94. The summed E-state index contributed by atoms with van der Waals surface area (Å²) in [6.07, 6.45) is 0. The lowest BCUT2D eigenvalue weighted by atomic mass is 9.88. The van der Waals surface area contributed by atoms with Gasteiger partial charge in [0.25, 0.3) is 5.91 Å². The summed E-state index contributed by atoms with van der Waals surface area (Å²) in [7, 11) is 0. The molecule has 1 aromatic rings. The molecule has 0 spiro atoms.